The van der Waals surface area contributed by atoms with Crippen molar-refractivity contribution in [3.05, 3.63) is 119 Å². The molecule has 1 atom stereocenters. The van der Waals surface area contributed by atoms with Crippen molar-refractivity contribution in [3.8, 4) is 0 Å². The number of ketones is 1. The summed E-state index contributed by atoms with van der Waals surface area (Å²) in [5.41, 5.74) is 2.22. The van der Waals surface area contributed by atoms with Gasteiger partial charge in [-0.25, -0.2) is 4.39 Å². The fourth-order valence-corrected chi connectivity index (χ4v) is 3.65. The highest BCUT2D eigenvalue weighted by molar-refractivity contribution is 6.19. The molecule has 0 saturated heterocycles. The van der Waals surface area contributed by atoms with Crippen molar-refractivity contribution in [3.63, 3.8) is 0 Å². The first-order valence-corrected chi connectivity index (χ1v) is 9.82. The maximum Gasteiger partial charge on any atom is 0.294 e. The van der Waals surface area contributed by atoms with Crippen molar-refractivity contribution in [1.29, 1.82) is 0 Å². The van der Waals surface area contributed by atoms with Crippen LogP contribution >= 0.6 is 0 Å². The zero-order valence-corrected chi connectivity index (χ0v) is 16.8. The quantitative estimate of drug-likeness (QED) is 0.576. The molecule has 0 fully saturated rings. The lowest BCUT2D eigenvalue weighted by Gasteiger charge is -2.27. The van der Waals surface area contributed by atoms with Crippen LogP contribution in [0.15, 0.2) is 96.3 Å². The molecule has 4 nitrogen and oxygen atoms in total. The number of aryl methyl sites for hydroxylation is 1. The van der Waals surface area contributed by atoms with E-state index < -0.39 is 29.3 Å². The molecule has 1 amide bonds. The van der Waals surface area contributed by atoms with E-state index in [1.165, 1.54) is 29.2 Å². The van der Waals surface area contributed by atoms with Gasteiger partial charge in [-0.2, -0.15) is 0 Å². The van der Waals surface area contributed by atoms with Crippen LogP contribution in [0.25, 0.3) is 6.08 Å². The van der Waals surface area contributed by atoms with E-state index in [1.807, 2.05) is 49.4 Å². The third-order valence-electron chi connectivity index (χ3n) is 5.21. The molecular weight excluding hydrogens is 393 g/mol. The van der Waals surface area contributed by atoms with E-state index >= 15 is 0 Å². The van der Waals surface area contributed by atoms with Crippen molar-refractivity contribution in [2.45, 2.75) is 13.0 Å². The Balaban J connectivity index is 1.81. The summed E-state index contributed by atoms with van der Waals surface area (Å²) < 4.78 is 14.8. The Morgan fingerprint density at radius 2 is 1.61 bits per heavy atom. The zero-order chi connectivity index (χ0) is 22.0. The molecule has 4 rings (SSSR count). The van der Waals surface area contributed by atoms with Crippen LogP contribution in [-0.2, 0) is 9.59 Å². The van der Waals surface area contributed by atoms with Crippen LogP contribution in [0.1, 0.15) is 22.7 Å². The number of carbonyl (C=O) groups is 2. The van der Waals surface area contributed by atoms with Crippen LogP contribution in [-0.4, -0.2) is 16.8 Å². The number of aliphatic hydroxyl groups excluding tert-OH is 1. The number of hydrogen-bond donors (Lipinski definition) is 1. The first-order chi connectivity index (χ1) is 15.0. The van der Waals surface area contributed by atoms with E-state index in [-0.39, 0.29) is 11.1 Å². The number of carbonyl (C=O) groups excluding carboxylic acids is 2. The van der Waals surface area contributed by atoms with Crippen LogP contribution in [0.2, 0.25) is 0 Å². The predicted molar refractivity (Wildman–Crippen MR) is 118 cm³/mol. The maximum absolute atomic E-state index is 14.8. The number of allylic oxidation sites excluding steroid dienone is 1. The average Bonchev–Trinajstić information content (AvgIpc) is 3.04. The Morgan fingerprint density at radius 3 is 2.29 bits per heavy atom. The van der Waals surface area contributed by atoms with E-state index in [2.05, 4.69) is 0 Å². The minimum atomic E-state index is -1.08. The number of benzene rings is 3. The molecule has 1 aliphatic rings. The third-order valence-corrected chi connectivity index (χ3v) is 5.21. The van der Waals surface area contributed by atoms with Gasteiger partial charge in [-0.15, -0.1) is 0 Å². The molecule has 0 aliphatic carbocycles. The molecule has 0 radical (unpaired) electrons. The average molecular weight is 413 g/mol. The van der Waals surface area contributed by atoms with Crippen molar-refractivity contribution in [2.75, 3.05) is 4.90 Å². The minimum absolute atomic E-state index is 0.136. The van der Waals surface area contributed by atoms with Gasteiger partial charge < -0.3 is 5.11 Å². The third kappa shape index (κ3) is 3.90. The van der Waals surface area contributed by atoms with E-state index in [4.69, 9.17) is 0 Å². The molecule has 0 saturated carbocycles. The summed E-state index contributed by atoms with van der Waals surface area (Å²) in [6, 6.07) is 21.1. The standard InChI is InChI=1S/C26H20FNO3/c1-17-11-14-19(15-12-17)28-24(20-9-5-6-10-21(20)27)23(25(30)26(28)31)22(29)16-13-18-7-3-2-4-8-18/h2-16,24,30H,1H3. The summed E-state index contributed by atoms with van der Waals surface area (Å²) in [6.45, 7) is 1.91. The first-order valence-electron chi connectivity index (χ1n) is 9.82. The van der Waals surface area contributed by atoms with Gasteiger partial charge in [0.25, 0.3) is 5.91 Å². The van der Waals surface area contributed by atoms with Crippen LogP contribution < -0.4 is 4.90 Å². The number of amides is 1. The van der Waals surface area contributed by atoms with Gasteiger partial charge in [0, 0.05) is 11.3 Å². The molecule has 5 heteroatoms. The van der Waals surface area contributed by atoms with Gasteiger partial charge in [-0.3, -0.25) is 14.5 Å². The summed E-state index contributed by atoms with van der Waals surface area (Å²) >= 11 is 0. The molecule has 3 aromatic carbocycles. The van der Waals surface area contributed by atoms with Gasteiger partial charge in [-0.1, -0.05) is 72.3 Å². The smallest absolute Gasteiger partial charge is 0.294 e. The second-order valence-corrected chi connectivity index (χ2v) is 7.31. The van der Waals surface area contributed by atoms with Crippen molar-refractivity contribution >= 4 is 23.5 Å². The highest BCUT2D eigenvalue weighted by Crippen LogP contribution is 2.41. The lowest BCUT2D eigenvalue weighted by molar-refractivity contribution is -0.117. The van der Waals surface area contributed by atoms with Crippen molar-refractivity contribution in [2.24, 2.45) is 0 Å². The normalized spacial score (nSPS) is 16.4. The molecule has 0 bridgehead atoms. The highest BCUT2D eigenvalue weighted by atomic mass is 19.1. The zero-order valence-electron chi connectivity index (χ0n) is 16.8. The van der Waals surface area contributed by atoms with E-state index in [9.17, 15) is 19.1 Å². The predicted octanol–water partition coefficient (Wildman–Crippen LogP) is 5.32. The number of nitrogens with zero attached hydrogens (tertiary/aromatic N) is 1. The molecule has 1 aliphatic heterocycles. The number of rotatable bonds is 5. The fraction of sp³-hybridized carbons (Fsp3) is 0.0769. The highest BCUT2D eigenvalue weighted by Gasteiger charge is 2.44. The topological polar surface area (TPSA) is 57.6 Å². The molecule has 154 valence electrons. The van der Waals surface area contributed by atoms with Crippen LogP contribution in [0.5, 0.6) is 0 Å². The summed E-state index contributed by atoms with van der Waals surface area (Å²) in [5, 5.41) is 10.6. The van der Waals surface area contributed by atoms with E-state index in [1.54, 1.807) is 24.3 Å². The SMILES string of the molecule is Cc1ccc(N2C(=O)C(O)=C(C(=O)C=Cc3ccccc3)C2c2ccccc2F)cc1. The van der Waals surface area contributed by atoms with Crippen LogP contribution in [0.4, 0.5) is 10.1 Å². The molecular formula is C26H20FNO3. The largest absolute Gasteiger partial charge is 0.503 e. The Kier molecular flexibility index (Phi) is 5.50. The summed E-state index contributed by atoms with van der Waals surface area (Å²) in [4.78, 5) is 27.3. The number of halogens is 1. The molecule has 1 heterocycles. The Morgan fingerprint density at radius 1 is 0.968 bits per heavy atom. The van der Waals surface area contributed by atoms with E-state index in [0.29, 0.717) is 5.69 Å². The number of anilines is 1. The minimum Gasteiger partial charge on any atom is -0.503 e. The number of aliphatic hydroxyl groups is 1. The van der Waals surface area contributed by atoms with Gasteiger partial charge in [0.05, 0.1) is 11.6 Å². The Bertz CT molecular complexity index is 1200. The lowest BCUT2D eigenvalue weighted by atomic mass is 9.95. The van der Waals surface area contributed by atoms with E-state index in [0.717, 1.165) is 11.1 Å². The molecule has 1 N–H and O–H groups in total. The summed E-state index contributed by atoms with van der Waals surface area (Å²) in [7, 11) is 0. The van der Waals surface area contributed by atoms with Gasteiger partial charge in [0.1, 0.15) is 5.82 Å². The van der Waals surface area contributed by atoms with Gasteiger partial charge in [-0.05, 0) is 36.8 Å². The summed E-state index contributed by atoms with van der Waals surface area (Å²) in [6.07, 6.45) is 2.89. The molecule has 3 aromatic rings. The maximum atomic E-state index is 14.8. The monoisotopic (exact) mass is 413 g/mol. The Labute approximate surface area is 179 Å². The molecule has 1 unspecified atom stereocenters. The van der Waals surface area contributed by atoms with Crippen LogP contribution in [0, 0.1) is 12.7 Å². The van der Waals surface area contributed by atoms with Crippen molar-refractivity contribution < 1.29 is 19.1 Å². The van der Waals surface area contributed by atoms with Gasteiger partial charge in [0.2, 0.25) is 0 Å². The van der Waals surface area contributed by atoms with Crippen LogP contribution in [0.3, 0.4) is 0 Å². The lowest BCUT2D eigenvalue weighted by Crippen LogP contribution is -2.31. The molecule has 31 heavy (non-hydrogen) atoms. The second-order valence-electron chi connectivity index (χ2n) is 7.31. The Hall–Kier alpha value is -3.99. The summed E-state index contributed by atoms with van der Waals surface area (Å²) in [5.74, 6) is -2.54. The molecule has 0 aromatic heterocycles. The van der Waals surface area contributed by atoms with Crippen molar-refractivity contribution in [1.82, 2.24) is 0 Å². The second kappa shape index (κ2) is 8.40. The molecule has 0 spiro atoms. The number of hydrogen-bond acceptors (Lipinski definition) is 3. The fourth-order valence-electron chi connectivity index (χ4n) is 3.65. The van der Waals surface area contributed by atoms with Gasteiger partial charge >= 0.3 is 0 Å². The van der Waals surface area contributed by atoms with Gasteiger partial charge in [0.15, 0.2) is 11.5 Å². The first kappa shape index (κ1) is 20.3.